The zero-order chi connectivity index (χ0) is 23.1. The molecule has 0 spiro atoms. The van der Waals surface area contributed by atoms with Gasteiger partial charge in [-0.2, -0.15) is 17.5 Å². The zero-order valence-electron chi connectivity index (χ0n) is 17.1. The maximum absolute atomic E-state index is 13.5. The summed E-state index contributed by atoms with van der Waals surface area (Å²) >= 11 is 0. The van der Waals surface area contributed by atoms with Crippen LogP contribution in [0.1, 0.15) is 30.4 Å². The molecule has 5 nitrogen and oxygen atoms in total. The van der Waals surface area contributed by atoms with Crippen LogP contribution in [0.5, 0.6) is 0 Å². The number of nitrogens with zero attached hydrogens (tertiary/aromatic N) is 2. The van der Waals surface area contributed by atoms with Gasteiger partial charge in [0.15, 0.2) is 0 Å². The lowest BCUT2D eigenvalue weighted by Crippen LogP contribution is -2.46. The molecule has 172 valence electrons. The average Bonchev–Trinajstić information content (AvgIpc) is 2.77. The molecular formula is C22H22F4N2O3S. The molecule has 0 unspecified atom stereocenters. The van der Waals surface area contributed by atoms with Crippen molar-refractivity contribution in [1.29, 1.82) is 0 Å². The van der Waals surface area contributed by atoms with E-state index < -0.39 is 32.6 Å². The molecule has 0 aromatic heterocycles. The van der Waals surface area contributed by atoms with E-state index in [0.29, 0.717) is 25.1 Å². The molecule has 0 atom stereocenters. The summed E-state index contributed by atoms with van der Waals surface area (Å²) in [5.74, 6) is -0.976. The van der Waals surface area contributed by atoms with Gasteiger partial charge in [-0.3, -0.25) is 4.79 Å². The Morgan fingerprint density at radius 3 is 2.38 bits per heavy atom. The molecule has 10 heteroatoms. The molecule has 1 saturated heterocycles. The van der Waals surface area contributed by atoms with E-state index in [1.54, 1.807) is 11.0 Å². The summed E-state index contributed by atoms with van der Waals surface area (Å²) < 4.78 is 80.3. The number of hydrogen-bond donors (Lipinski definition) is 0. The molecule has 32 heavy (non-hydrogen) atoms. The second-order valence-electron chi connectivity index (χ2n) is 8.04. The highest BCUT2D eigenvalue weighted by Gasteiger charge is 2.40. The zero-order valence-corrected chi connectivity index (χ0v) is 17.9. The second-order valence-corrected chi connectivity index (χ2v) is 9.95. The number of amides is 1. The van der Waals surface area contributed by atoms with Gasteiger partial charge in [0.2, 0.25) is 15.9 Å². The normalized spacial score (nSPS) is 18.4. The summed E-state index contributed by atoms with van der Waals surface area (Å²) in [4.78, 5) is 14.0. The molecular weight excluding hydrogens is 448 g/mol. The number of piperidine rings is 1. The third-order valence-electron chi connectivity index (χ3n) is 6.04. The fraction of sp³-hybridized carbons (Fsp3) is 0.409. The van der Waals surface area contributed by atoms with Crippen molar-refractivity contribution in [2.75, 3.05) is 24.5 Å². The molecule has 2 aliphatic rings. The number of fused-ring (bicyclic) bond motifs is 1. The third-order valence-corrected chi connectivity index (χ3v) is 8.00. The number of rotatable bonds is 3. The van der Waals surface area contributed by atoms with Gasteiger partial charge >= 0.3 is 6.18 Å². The van der Waals surface area contributed by atoms with E-state index in [2.05, 4.69) is 0 Å². The minimum atomic E-state index is -4.79. The second kappa shape index (κ2) is 8.47. The molecule has 2 heterocycles. The lowest BCUT2D eigenvalue weighted by atomic mass is 9.94. The van der Waals surface area contributed by atoms with Crippen LogP contribution < -0.4 is 4.90 Å². The van der Waals surface area contributed by atoms with E-state index in [9.17, 15) is 30.8 Å². The highest BCUT2D eigenvalue weighted by atomic mass is 32.2. The Kier molecular flexibility index (Phi) is 6.02. The number of benzene rings is 2. The summed E-state index contributed by atoms with van der Waals surface area (Å²) in [6.45, 7) is 0.402. The summed E-state index contributed by atoms with van der Waals surface area (Å²) in [7, 11) is -4.36. The van der Waals surface area contributed by atoms with Crippen molar-refractivity contribution >= 4 is 21.6 Å². The predicted octanol–water partition coefficient (Wildman–Crippen LogP) is 4.22. The first kappa shape index (κ1) is 22.7. The fourth-order valence-electron chi connectivity index (χ4n) is 4.42. The van der Waals surface area contributed by atoms with Gasteiger partial charge in [-0.25, -0.2) is 12.8 Å². The topological polar surface area (TPSA) is 57.7 Å². The Morgan fingerprint density at radius 2 is 1.69 bits per heavy atom. The van der Waals surface area contributed by atoms with Gasteiger partial charge in [0, 0.05) is 31.2 Å². The van der Waals surface area contributed by atoms with E-state index in [4.69, 9.17) is 0 Å². The maximum atomic E-state index is 13.5. The fourth-order valence-corrected chi connectivity index (χ4v) is 6.10. The Bertz CT molecular complexity index is 1130. The quantitative estimate of drug-likeness (QED) is 0.631. The Balaban J connectivity index is 1.49. The van der Waals surface area contributed by atoms with Crippen LogP contribution in [0, 0.1) is 11.7 Å². The molecule has 0 saturated carbocycles. The number of sulfonamides is 1. The Morgan fingerprint density at radius 1 is 1.00 bits per heavy atom. The average molecular weight is 470 g/mol. The molecule has 4 rings (SSSR count). The van der Waals surface area contributed by atoms with Crippen molar-refractivity contribution < 1.29 is 30.8 Å². The first-order valence-corrected chi connectivity index (χ1v) is 11.8. The van der Waals surface area contributed by atoms with Crippen molar-refractivity contribution in [3.8, 4) is 0 Å². The van der Waals surface area contributed by atoms with E-state index in [1.165, 1.54) is 18.2 Å². The molecule has 1 amide bonds. The Labute approximate surface area is 183 Å². The monoisotopic (exact) mass is 470 g/mol. The number of carbonyl (C=O) groups excluding carboxylic acids is 1. The number of hydrogen-bond acceptors (Lipinski definition) is 3. The van der Waals surface area contributed by atoms with Crippen molar-refractivity contribution in [2.24, 2.45) is 5.92 Å². The molecule has 0 bridgehead atoms. The SMILES string of the molecule is O=C(C1CCN(S(=O)(=O)c2ccccc2C(F)(F)F)CC1)N1CCCc2cc(F)ccc21. The highest BCUT2D eigenvalue weighted by molar-refractivity contribution is 7.89. The minimum absolute atomic E-state index is 0.0466. The van der Waals surface area contributed by atoms with Crippen LogP contribution >= 0.6 is 0 Å². The van der Waals surface area contributed by atoms with E-state index in [0.717, 1.165) is 28.1 Å². The lowest BCUT2D eigenvalue weighted by Gasteiger charge is -2.36. The molecule has 0 aliphatic carbocycles. The largest absolute Gasteiger partial charge is 0.417 e. The number of carbonyl (C=O) groups is 1. The number of halogens is 4. The minimum Gasteiger partial charge on any atom is -0.312 e. The predicted molar refractivity (Wildman–Crippen MR) is 110 cm³/mol. The van der Waals surface area contributed by atoms with Crippen LogP contribution in [-0.4, -0.2) is 38.3 Å². The lowest BCUT2D eigenvalue weighted by molar-refractivity contribution is -0.139. The summed E-state index contributed by atoms with van der Waals surface area (Å²) in [6.07, 6.45) is -3.01. The maximum Gasteiger partial charge on any atom is 0.417 e. The first-order chi connectivity index (χ1) is 15.1. The van der Waals surface area contributed by atoms with Crippen LogP contribution in [0.3, 0.4) is 0 Å². The van der Waals surface area contributed by atoms with Gasteiger partial charge in [-0.15, -0.1) is 0 Å². The van der Waals surface area contributed by atoms with Gasteiger partial charge in [-0.1, -0.05) is 12.1 Å². The third kappa shape index (κ3) is 4.25. The van der Waals surface area contributed by atoms with Gasteiger partial charge < -0.3 is 4.90 Å². The molecule has 0 radical (unpaired) electrons. The van der Waals surface area contributed by atoms with Crippen molar-refractivity contribution in [3.63, 3.8) is 0 Å². The van der Waals surface area contributed by atoms with Gasteiger partial charge in [-0.05, 0) is 61.6 Å². The molecule has 2 aromatic rings. The summed E-state index contributed by atoms with van der Waals surface area (Å²) in [5, 5.41) is 0. The molecule has 2 aliphatic heterocycles. The number of alkyl halides is 3. The van der Waals surface area contributed by atoms with Crippen LogP contribution in [0.2, 0.25) is 0 Å². The number of anilines is 1. The van der Waals surface area contributed by atoms with Gasteiger partial charge in [0.25, 0.3) is 0 Å². The molecule has 2 aromatic carbocycles. The van der Waals surface area contributed by atoms with E-state index in [1.807, 2.05) is 0 Å². The summed E-state index contributed by atoms with van der Waals surface area (Å²) in [5.41, 5.74) is 0.223. The first-order valence-electron chi connectivity index (χ1n) is 10.4. The highest BCUT2D eigenvalue weighted by Crippen LogP contribution is 2.37. The smallest absolute Gasteiger partial charge is 0.312 e. The van der Waals surface area contributed by atoms with E-state index in [-0.39, 0.29) is 37.7 Å². The summed E-state index contributed by atoms with van der Waals surface area (Å²) in [6, 6.07) is 8.41. The van der Waals surface area contributed by atoms with Gasteiger partial charge in [0.05, 0.1) is 10.5 Å². The Hall–Kier alpha value is -2.46. The standard InChI is InChI=1S/C22H22F4N2O3S/c23-17-7-8-19-16(14-17)4-3-11-28(19)21(29)15-9-12-27(13-10-15)32(30,31)20-6-2-1-5-18(20)22(24,25)26/h1-2,5-8,14-15H,3-4,9-13H2. The van der Waals surface area contributed by atoms with Gasteiger partial charge in [0.1, 0.15) is 5.82 Å². The van der Waals surface area contributed by atoms with Crippen LogP contribution in [0.25, 0.3) is 0 Å². The van der Waals surface area contributed by atoms with Crippen molar-refractivity contribution in [2.45, 2.75) is 36.8 Å². The number of aryl methyl sites for hydroxylation is 1. The van der Waals surface area contributed by atoms with Crippen molar-refractivity contribution in [1.82, 2.24) is 4.31 Å². The molecule has 0 N–H and O–H groups in total. The van der Waals surface area contributed by atoms with E-state index >= 15 is 0 Å². The van der Waals surface area contributed by atoms with Crippen LogP contribution in [0.15, 0.2) is 47.4 Å². The van der Waals surface area contributed by atoms with Crippen molar-refractivity contribution in [3.05, 3.63) is 59.4 Å². The van der Waals surface area contributed by atoms with Crippen LogP contribution in [-0.2, 0) is 27.4 Å². The molecule has 1 fully saturated rings. The van der Waals surface area contributed by atoms with Crippen LogP contribution in [0.4, 0.5) is 23.2 Å².